The summed E-state index contributed by atoms with van der Waals surface area (Å²) in [5.74, 6) is 0.369. The van der Waals surface area contributed by atoms with Crippen LogP contribution in [0.5, 0.6) is 0 Å². The molecule has 0 saturated carbocycles. The monoisotopic (exact) mass is 226 g/mol. The lowest BCUT2D eigenvalue weighted by Gasteiger charge is -2.28. The summed E-state index contributed by atoms with van der Waals surface area (Å²) in [6.07, 6.45) is 3.05. The highest BCUT2D eigenvalue weighted by atomic mass is 16.5. The second kappa shape index (κ2) is 5.15. The number of ether oxygens (including phenoxy) is 1. The van der Waals surface area contributed by atoms with Crippen molar-refractivity contribution in [3.63, 3.8) is 0 Å². The molecule has 3 atom stereocenters. The van der Waals surface area contributed by atoms with Crippen LogP contribution in [0.3, 0.4) is 0 Å². The molecule has 0 bridgehead atoms. The van der Waals surface area contributed by atoms with Gasteiger partial charge in [-0.15, -0.1) is 0 Å². The van der Waals surface area contributed by atoms with Gasteiger partial charge in [-0.05, 0) is 25.8 Å². The number of hydrogen-bond donors (Lipinski definition) is 1. The van der Waals surface area contributed by atoms with Gasteiger partial charge in [0.15, 0.2) is 0 Å². The second-order valence-corrected chi connectivity index (χ2v) is 4.81. The molecule has 0 radical (unpaired) electrons. The molecule has 1 N–H and O–H groups in total. The third kappa shape index (κ3) is 2.23. The van der Waals surface area contributed by atoms with Crippen LogP contribution in [-0.2, 0) is 9.53 Å². The van der Waals surface area contributed by atoms with E-state index in [4.69, 9.17) is 4.74 Å². The minimum absolute atomic E-state index is 0.0931. The van der Waals surface area contributed by atoms with E-state index in [1.165, 1.54) is 0 Å². The number of rotatable bonds is 3. The highest BCUT2D eigenvalue weighted by molar-refractivity contribution is 5.79. The van der Waals surface area contributed by atoms with Gasteiger partial charge in [0, 0.05) is 26.2 Å². The van der Waals surface area contributed by atoms with Crippen molar-refractivity contribution in [3.8, 4) is 0 Å². The highest BCUT2D eigenvalue weighted by Gasteiger charge is 2.36. The Kier molecular flexibility index (Phi) is 3.82. The summed E-state index contributed by atoms with van der Waals surface area (Å²) in [4.78, 5) is 14.3. The van der Waals surface area contributed by atoms with Gasteiger partial charge in [0.1, 0.15) is 0 Å². The predicted octanol–water partition coefficient (Wildman–Crippen LogP) is 0.622. The Morgan fingerprint density at radius 2 is 2.31 bits per heavy atom. The van der Waals surface area contributed by atoms with E-state index in [1.807, 2.05) is 11.9 Å². The van der Waals surface area contributed by atoms with Crippen LogP contribution < -0.4 is 5.32 Å². The molecule has 0 aromatic heterocycles. The first-order valence-electron chi connectivity index (χ1n) is 6.33. The summed E-state index contributed by atoms with van der Waals surface area (Å²) in [5, 5.41) is 3.30. The van der Waals surface area contributed by atoms with Crippen molar-refractivity contribution in [3.05, 3.63) is 0 Å². The first kappa shape index (κ1) is 11.9. The van der Waals surface area contributed by atoms with Crippen LogP contribution >= 0.6 is 0 Å². The molecule has 16 heavy (non-hydrogen) atoms. The molecule has 2 aliphatic heterocycles. The Balaban J connectivity index is 1.95. The predicted molar refractivity (Wildman–Crippen MR) is 62.2 cm³/mol. The Bertz CT molecular complexity index is 251. The number of nitrogens with one attached hydrogen (secondary N) is 1. The summed E-state index contributed by atoms with van der Waals surface area (Å²) >= 11 is 0. The van der Waals surface area contributed by atoms with Gasteiger partial charge in [0.2, 0.25) is 5.91 Å². The molecular weight excluding hydrogens is 204 g/mol. The molecule has 0 aliphatic carbocycles. The molecular formula is C12H22N2O2. The lowest BCUT2D eigenvalue weighted by molar-refractivity contribution is -0.137. The van der Waals surface area contributed by atoms with Crippen LogP contribution in [0.1, 0.15) is 26.2 Å². The third-order valence-corrected chi connectivity index (χ3v) is 3.86. The molecule has 4 heteroatoms. The number of carbonyl (C=O) groups is 1. The first-order valence-corrected chi connectivity index (χ1v) is 6.33. The molecule has 4 nitrogen and oxygen atoms in total. The summed E-state index contributed by atoms with van der Waals surface area (Å²) in [7, 11) is 1.94. The second-order valence-electron chi connectivity index (χ2n) is 4.81. The van der Waals surface area contributed by atoms with Crippen LogP contribution in [0, 0.1) is 5.92 Å². The van der Waals surface area contributed by atoms with Crippen molar-refractivity contribution in [2.24, 2.45) is 5.92 Å². The summed E-state index contributed by atoms with van der Waals surface area (Å²) in [6.45, 7) is 4.80. The lowest BCUT2D eigenvalue weighted by Crippen LogP contribution is -2.43. The largest absolute Gasteiger partial charge is 0.377 e. The molecule has 2 heterocycles. The van der Waals surface area contributed by atoms with Gasteiger partial charge in [0.25, 0.3) is 0 Å². The maximum Gasteiger partial charge on any atom is 0.228 e. The van der Waals surface area contributed by atoms with Crippen LogP contribution in [-0.4, -0.2) is 49.7 Å². The highest BCUT2D eigenvalue weighted by Crippen LogP contribution is 2.26. The summed E-state index contributed by atoms with van der Waals surface area (Å²) in [6, 6.07) is 0.380. The quantitative estimate of drug-likeness (QED) is 0.767. The van der Waals surface area contributed by atoms with Gasteiger partial charge in [-0.2, -0.15) is 0 Å². The normalized spacial score (nSPS) is 34.2. The molecule has 2 saturated heterocycles. The van der Waals surface area contributed by atoms with E-state index in [-0.39, 0.29) is 17.9 Å². The van der Waals surface area contributed by atoms with E-state index >= 15 is 0 Å². The van der Waals surface area contributed by atoms with Gasteiger partial charge in [-0.1, -0.05) is 6.92 Å². The number of nitrogens with zero attached hydrogens (tertiary/aromatic N) is 1. The minimum atomic E-state index is 0.0931. The zero-order valence-corrected chi connectivity index (χ0v) is 10.2. The van der Waals surface area contributed by atoms with E-state index in [2.05, 4.69) is 12.2 Å². The molecule has 92 valence electrons. The molecule has 1 amide bonds. The van der Waals surface area contributed by atoms with Gasteiger partial charge in [0.05, 0.1) is 12.0 Å². The number of likely N-dealkylation sites (N-methyl/N-ethyl adjacent to an activating group) is 1. The maximum absolute atomic E-state index is 12.3. The van der Waals surface area contributed by atoms with Crippen LogP contribution in [0.15, 0.2) is 0 Å². The zero-order valence-electron chi connectivity index (χ0n) is 10.2. The average Bonchev–Trinajstić information content (AvgIpc) is 2.97. The molecule has 2 aliphatic rings. The van der Waals surface area contributed by atoms with Crippen LogP contribution in [0.25, 0.3) is 0 Å². The van der Waals surface area contributed by atoms with Gasteiger partial charge < -0.3 is 15.0 Å². The topological polar surface area (TPSA) is 41.6 Å². The fourth-order valence-corrected chi connectivity index (χ4v) is 2.74. The minimum Gasteiger partial charge on any atom is -0.377 e. The van der Waals surface area contributed by atoms with E-state index < -0.39 is 0 Å². The van der Waals surface area contributed by atoms with Gasteiger partial charge in [-0.3, -0.25) is 4.79 Å². The number of amides is 1. The first-order chi connectivity index (χ1) is 7.74. The van der Waals surface area contributed by atoms with Crippen molar-refractivity contribution in [1.82, 2.24) is 10.2 Å². The lowest BCUT2D eigenvalue weighted by atomic mass is 9.97. The van der Waals surface area contributed by atoms with Crippen LogP contribution in [0.4, 0.5) is 0 Å². The molecule has 0 spiro atoms. The van der Waals surface area contributed by atoms with Crippen molar-refractivity contribution in [1.29, 1.82) is 0 Å². The number of carbonyl (C=O) groups excluding carboxylic acids is 1. The summed E-state index contributed by atoms with van der Waals surface area (Å²) < 4.78 is 5.59. The Morgan fingerprint density at radius 1 is 1.50 bits per heavy atom. The fourth-order valence-electron chi connectivity index (χ4n) is 2.74. The van der Waals surface area contributed by atoms with Crippen molar-refractivity contribution >= 4 is 5.91 Å². The molecule has 0 aromatic carbocycles. The Hall–Kier alpha value is -0.610. The van der Waals surface area contributed by atoms with E-state index in [0.29, 0.717) is 6.04 Å². The summed E-state index contributed by atoms with van der Waals surface area (Å²) in [5.41, 5.74) is 0. The standard InChI is InChI=1S/C12H22N2O2/c1-3-11-10(5-7-16-11)12(15)14(2)9-4-6-13-8-9/h9-11,13H,3-8H2,1-2H3. The smallest absolute Gasteiger partial charge is 0.228 e. The fraction of sp³-hybridized carbons (Fsp3) is 0.917. The average molecular weight is 226 g/mol. The van der Waals surface area contributed by atoms with Gasteiger partial charge >= 0.3 is 0 Å². The molecule has 2 fully saturated rings. The molecule has 2 rings (SSSR count). The number of hydrogen-bond acceptors (Lipinski definition) is 3. The van der Waals surface area contributed by atoms with Crippen LogP contribution in [0.2, 0.25) is 0 Å². The van der Waals surface area contributed by atoms with Crippen molar-refractivity contribution in [2.45, 2.75) is 38.3 Å². The van der Waals surface area contributed by atoms with E-state index in [9.17, 15) is 4.79 Å². The Labute approximate surface area is 97.3 Å². The molecule has 3 unspecified atom stereocenters. The maximum atomic E-state index is 12.3. The third-order valence-electron chi connectivity index (χ3n) is 3.86. The van der Waals surface area contributed by atoms with Gasteiger partial charge in [-0.25, -0.2) is 0 Å². The SMILES string of the molecule is CCC1OCCC1C(=O)N(C)C1CCNC1. The van der Waals surface area contributed by atoms with E-state index in [0.717, 1.165) is 39.0 Å². The Morgan fingerprint density at radius 3 is 2.94 bits per heavy atom. The van der Waals surface area contributed by atoms with E-state index in [1.54, 1.807) is 0 Å². The van der Waals surface area contributed by atoms with Crippen molar-refractivity contribution in [2.75, 3.05) is 26.7 Å². The van der Waals surface area contributed by atoms with Crippen molar-refractivity contribution < 1.29 is 9.53 Å². The molecule has 0 aromatic rings. The zero-order chi connectivity index (χ0) is 11.5.